The first-order chi connectivity index (χ1) is 7.25. The fraction of sp³-hybridized carbons (Fsp3) is 0.500. The van der Waals surface area contributed by atoms with Crippen LogP contribution in [0.1, 0.15) is 13.3 Å². The predicted molar refractivity (Wildman–Crippen MR) is 65.2 cm³/mol. The fourth-order valence-corrected chi connectivity index (χ4v) is 2.31. The molecule has 1 aromatic carbocycles. The van der Waals surface area contributed by atoms with Gasteiger partial charge in [-0.1, -0.05) is 22.0 Å². The van der Waals surface area contributed by atoms with E-state index in [0.717, 1.165) is 23.3 Å². The lowest BCUT2D eigenvalue weighted by atomic mass is 10.0. The minimum atomic E-state index is 0.286. The van der Waals surface area contributed by atoms with Crippen molar-refractivity contribution in [2.24, 2.45) is 5.92 Å². The maximum Gasteiger partial charge on any atom is 0.120 e. The lowest BCUT2D eigenvalue weighted by Gasteiger charge is -2.20. The standard InChI is InChI=1S/C12H16BrNO/c1-9(10-5-6-14-8-10)15-12-4-2-3-11(13)7-12/h2-4,7,9-10,14H,5-6,8H2,1H3. The molecular weight excluding hydrogens is 254 g/mol. The molecule has 0 aliphatic carbocycles. The van der Waals surface area contributed by atoms with E-state index in [4.69, 9.17) is 4.74 Å². The Hall–Kier alpha value is -0.540. The quantitative estimate of drug-likeness (QED) is 0.911. The highest BCUT2D eigenvalue weighted by molar-refractivity contribution is 9.10. The molecule has 0 amide bonds. The van der Waals surface area contributed by atoms with E-state index < -0.39 is 0 Å². The SMILES string of the molecule is CC(Oc1cccc(Br)c1)C1CCNC1. The van der Waals surface area contributed by atoms with Crippen LogP contribution in [0, 0.1) is 5.92 Å². The lowest BCUT2D eigenvalue weighted by Crippen LogP contribution is -2.25. The van der Waals surface area contributed by atoms with Gasteiger partial charge in [0.15, 0.2) is 0 Å². The van der Waals surface area contributed by atoms with Gasteiger partial charge in [0, 0.05) is 16.9 Å². The molecule has 1 aromatic rings. The number of benzene rings is 1. The molecule has 0 saturated carbocycles. The van der Waals surface area contributed by atoms with Crippen molar-refractivity contribution in [2.75, 3.05) is 13.1 Å². The maximum atomic E-state index is 5.91. The van der Waals surface area contributed by atoms with Crippen LogP contribution in [0.2, 0.25) is 0 Å². The summed E-state index contributed by atoms with van der Waals surface area (Å²) in [5, 5.41) is 3.36. The molecule has 1 aliphatic heterocycles. The highest BCUT2D eigenvalue weighted by Crippen LogP contribution is 2.22. The summed E-state index contributed by atoms with van der Waals surface area (Å²) in [7, 11) is 0. The Kier molecular flexibility index (Phi) is 3.65. The van der Waals surface area contributed by atoms with Crippen LogP contribution in [0.4, 0.5) is 0 Å². The van der Waals surface area contributed by atoms with Gasteiger partial charge in [0.05, 0.1) is 6.10 Å². The molecule has 82 valence electrons. The van der Waals surface area contributed by atoms with E-state index in [1.54, 1.807) is 0 Å². The summed E-state index contributed by atoms with van der Waals surface area (Å²) in [4.78, 5) is 0. The van der Waals surface area contributed by atoms with Crippen LogP contribution in [0.3, 0.4) is 0 Å². The second kappa shape index (κ2) is 4.99. The Balaban J connectivity index is 1.95. The third-order valence-electron chi connectivity index (χ3n) is 2.88. The van der Waals surface area contributed by atoms with Crippen LogP contribution in [0.5, 0.6) is 5.75 Å². The largest absolute Gasteiger partial charge is 0.490 e. The number of rotatable bonds is 3. The Bertz CT molecular complexity index is 323. The van der Waals surface area contributed by atoms with Gasteiger partial charge in [-0.2, -0.15) is 0 Å². The van der Waals surface area contributed by atoms with Gasteiger partial charge in [-0.05, 0) is 38.1 Å². The van der Waals surface area contributed by atoms with Crippen molar-refractivity contribution >= 4 is 15.9 Å². The van der Waals surface area contributed by atoms with Crippen LogP contribution in [0.25, 0.3) is 0 Å². The normalized spacial score (nSPS) is 22.7. The maximum absolute atomic E-state index is 5.91. The Labute approximate surface area is 99.1 Å². The van der Waals surface area contributed by atoms with Crippen LogP contribution >= 0.6 is 15.9 Å². The topological polar surface area (TPSA) is 21.3 Å². The highest BCUT2D eigenvalue weighted by Gasteiger charge is 2.22. The van der Waals surface area contributed by atoms with E-state index in [2.05, 4.69) is 28.2 Å². The Morgan fingerprint density at radius 2 is 2.40 bits per heavy atom. The highest BCUT2D eigenvalue weighted by atomic mass is 79.9. The average molecular weight is 270 g/mol. The van der Waals surface area contributed by atoms with Crippen molar-refractivity contribution in [2.45, 2.75) is 19.4 Å². The van der Waals surface area contributed by atoms with E-state index in [0.29, 0.717) is 5.92 Å². The van der Waals surface area contributed by atoms with Gasteiger partial charge in [0.25, 0.3) is 0 Å². The van der Waals surface area contributed by atoms with Gasteiger partial charge in [-0.25, -0.2) is 0 Å². The zero-order valence-electron chi connectivity index (χ0n) is 8.87. The van der Waals surface area contributed by atoms with Crippen molar-refractivity contribution in [1.29, 1.82) is 0 Å². The van der Waals surface area contributed by atoms with Crippen molar-refractivity contribution in [3.05, 3.63) is 28.7 Å². The predicted octanol–water partition coefficient (Wildman–Crippen LogP) is 2.83. The van der Waals surface area contributed by atoms with Gasteiger partial charge >= 0.3 is 0 Å². The van der Waals surface area contributed by atoms with Gasteiger partial charge in [0.1, 0.15) is 5.75 Å². The molecular formula is C12H16BrNO. The molecule has 2 unspecified atom stereocenters. The molecule has 0 radical (unpaired) electrons. The summed E-state index contributed by atoms with van der Waals surface area (Å²) in [6.07, 6.45) is 1.50. The molecule has 2 atom stereocenters. The van der Waals surface area contributed by atoms with Gasteiger partial charge < -0.3 is 10.1 Å². The lowest BCUT2D eigenvalue weighted by molar-refractivity contribution is 0.161. The summed E-state index contributed by atoms with van der Waals surface area (Å²) < 4.78 is 6.98. The summed E-state index contributed by atoms with van der Waals surface area (Å²) in [5.74, 6) is 1.59. The average Bonchev–Trinajstić information content (AvgIpc) is 2.70. The number of nitrogens with one attached hydrogen (secondary N) is 1. The van der Waals surface area contributed by atoms with Gasteiger partial charge in [-0.3, -0.25) is 0 Å². The van der Waals surface area contributed by atoms with Crippen LogP contribution < -0.4 is 10.1 Å². The molecule has 0 spiro atoms. The smallest absolute Gasteiger partial charge is 0.120 e. The van der Waals surface area contributed by atoms with Gasteiger partial charge in [-0.15, -0.1) is 0 Å². The van der Waals surface area contributed by atoms with E-state index in [-0.39, 0.29) is 6.10 Å². The molecule has 1 N–H and O–H groups in total. The second-order valence-electron chi connectivity index (χ2n) is 4.03. The first-order valence-corrected chi connectivity index (χ1v) is 6.18. The third kappa shape index (κ3) is 2.95. The Morgan fingerprint density at radius 1 is 1.53 bits per heavy atom. The van der Waals surface area contributed by atoms with E-state index >= 15 is 0 Å². The minimum absolute atomic E-state index is 0.286. The third-order valence-corrected chi connectivity index (χ3v) is 3.37. The molecule has 1 aliphatic rings. The number of hydrogen-bond acceptors (Lipinski definition) is 2. The van der Waals surface area contributed by atoms with Gasteiger partial charge in [0.2, 0.25) is 0 Å². The zero-order valence-corrected chi connectivity index (χ0v) is 10.5. The fourth-order valence-electron chi connectivity index (χ4n) is 1.93. The summed E-state index contributed by atoms with van der Waals surface area (Å²) in [5.41, 5.74) is 0. The number of ether oxygens (including phenoxy) is 1. The molecule has 3 heteroatoms. The van der Waals surface area contributed by atoms with E-state index in [1.165, 1.54) is 6.42 Å². The second-order valence-corrected chi connectivity index (χ2v) is 4.95. The molecule has 1 fully saturated rings. The first kappa shape index (κ1) is 11.0. The van der Waals surface area contributed by atoms with Crippen molar-refractivity contribution in [1.82, 2.24) is 5.32 Å². The molecule has 15 heavy (non-hydrogen) atoms. The van der Waals surface area contributed by atoms with Crippen molar-refractivity contribution in [3.63, 3.8) is 0 Å². The van der Waals surface area contributed by atoms with Crippen LogP contribution in [-0.4, -0.2) is 19.2 Å². The zero-order chi connectivity index (χ0) is 10.7. The van der Waals surface area contributed by atoms with Crippen LogP contribution in [-0.2, 0) is 0 Å². The first-order valence-electron chi connectivity index (χ1n) is 5.38. The number of halogens is 1. The summed E-state index contributed by atoms with van der Waals surface area (Å²) >= 11 is 3.44. The van der Waals surface area contributed by atoms with Crippen molar-refractivity contribution < 1.29 is 4.74 Å². The molecule has 1 heterocycles. The molecule has 1 saturated heterocycles. The van der Waals surface area contributed by atoms with E-state index in [9.17, 15) is 0 Å². The monoisotopic (exact) mass is 269 g/mol. The van der Waals surface area contributed by atoms with Crippen LogP contribution in [0.15, 0.2) is 28.7 Å². The molecule has 0 aromatic heterocycles. The summed E-state index contributed by atoms with van der Waals surface area (Å²) in [6.45, 7) is 4.35. The molecule has 0 bridgehead atoms. The van der Waals surface area contributed by atoms with E-state index in [1.807, 2.05) is 24.3 Å². The number of hydrogen-bond donors (Lipinski definition) is 1. The molecule has 2 nitrogen and oxygen atoms in total. The Morgan fingerprint density at radius 3 is 3.07 bits per heavy atom. The summed E-state index contributed by atoms with van der Waals surface area (Å²) in [6, 6.07) is 8.02. The molecule has 2 rings (SSSR count). The van der Waals surface area contributed by atoms with Crippen molar-refractivity contribution in [3.8, 4) is 5.75 Å². The minimum Gasteiger partial charge on any atom is -0.490 e.